The SMILES string of the molecule is c1ccc(-c2nc(-c3ccc(-n4c5ccccc5c5ccc6c7ccccc7sc6c54)cc3)nc3c2-c2ccccc2[Si]3(c2ccccc2)c2ccccc2)cc1. The molecule has 0 unspecified atom stereocenters. The van der Waals surface area contributed by atoms with Crippen LogP contribution in [0.25, 0.3) is 81.4 Å². The zero-order valence-electron chi connectivity index (χ0n) is 30.8. The van der Waals surface area contributed by atoms with Crippen molar-refractivity contribution in [3.05, 3.63) is 200 Å². The third kappa shape index (κ3) is 4.64. The molecule has 4 heterocycles. The predicted octanol–water partition coefficient (Wildman–Crippen LogP) is 10.6. The summed E-state index contributed by atoms with van der Waals surface area (Å²) in [6.07, 6.45) is 0. The van der Waals surface area contributed by atoms with Crippen LogP contribution in [-0.4, -0.2) is 22.6 Å². The van der Waals surface area contributed by atoms with Crippen LogP contribution in [0.4, 0.5) is 0 Å². The largest absolute Gasteiger partial charge is 0.308 e. The maximum absolute atomic E-state index is 5.73. The molecule has 0 spiro atoms. The number of hydrogen-bond donors (Lipinski definition) is 0. The minimum Gasteiger partial charge on any atom is -0.308 e. The average Bonchev–Trinajstić information content (AvgIpc) is 3.94. The summed E-state index contributed by atoms with van der Waals surface area (Å²) in [5.74, 6) is 0.741. The predicted molar refractivity (Wildman–Crippen MR) is 243 cm³/mol. The first kappa shape index (κ1) is 32.3. The molecule has 266 valence electrons. The molecular weight excluding hydrogens is 727 g/mol. The molecule has 0 amide bonds. The number of para-hydroxylation sites is 1. The highest BCUT2D eigenvalue weighted by Gasteiger charge is 2.51. The van der Waals surface area contributed by atoms with Crippen LogP contribution in [0.5, 0.6) is 0 Å². The Bertz CT molecular complexity index is 3300. The van der Waals surface area contributed by atoms with Gasteiger partial charge in [-0.2, -0.15) is 0 Å². The Hall–Kier alpha value is -6.92. The zero-order valence-corrected chi connectivity index (χ0v) is 32.6. The fourth-order valence-corrected chi connectivity index (χ4v) is 15.7. The lowest BCUT2D eigenvalue weighted by molar-refractivity contribution is 1.18. The van der Waals surface area contributed by atoms with Crippen molar-refractivity contribution in [2.24, 2.45) is 0 Å². The lowest BCUT2D eigenvalue weighted by Crippen LogP contribution is -2.73. The van der Waals surface area contributed by atoms with Gasteiger partial charge < -0.3 is 4.57 Å². The van der Waals surface area contributed by atoms with E-state index in [-0.39, 0.29) is 0 Å². The van der Waals surface area contributed by atoms with Gasteiger partial charge in [0, 0.05) is 48.6 Å². The topological polar surface area (TPSA) is 30.7 Å². The molecule has 3 aromatic heterocycles. The number of hydrogen-bond acceptors (Lipinski definition) is 3. The summed E-state index contributed by atoms with van der Waals surface area (Å²) in [5.41, 5.74) is 9.00. The second kappa shape index (κ2) is 12.5. The second-order valence-electron chi connectivity index (χ2n) is 14.8. The molecule has 0 radical (unpaired) electrons. The fourth-order valence-electron chi connectivity index (χ4n) is 9.46. The molecule has 3 nitrogen and oxygen atoms in total. The van der Waals surface area contributed by atoms with Gasteiger partial charge in [-0.3, -0.25) is 0 Å². The van der Waals surface area contributed by atoms with Gasteiger partial charge in [0.2, 0.25) is 8.07 Å². The Balaban J connectivity index is 1.11. The zero-order chi connectivity index (χ0) is 37.5. The molecule has 12 rings (SSSR count). The molecule has 1 aliphatic heterocycles. The summed E-state index contributed by atoms with van der Waals surface area (Å²) in [7, 11) is -2.86. The Kier molecular flexibility index (Phi) is 7.12. The summed E-state index contributed by atoms with van der Waals surface area (Å²) in [6, 6.07) is 72.9. The molecule has 57 heavy (non-hydrogen) atoms. The highest BCUT2D eigenvalue weighted by molar-refractivity contribution is 7.26. The maximum atomic E-state index is 5.73. The van der Waals surface area contributed by atoms with E-state index >= 15 is 0 Å². The smallest absolute Gasteiger partial charge is 0.203 e. The molecule has 0 bridgehead atoms. The van der Waals surface area contributed by atoms with Crippen LogP contribution in [0.2, 0.25) is 0 Å². The first-order valence-electron chi connectivity index (χ1n) is 19.4. The van der Waals surface area contributed by atoms with E-state index in [0.29, 0.717) is 0 Å². The number of aromatic nitrogens is 3. The summed E-state index contributed by atoms with van der Waals surface area (Å²) in [6.45, 7) is 0. The van der Waals surface area contributed by atoms with Crippen molar-refractivity contribution in [2.45, 2.75) is 0 Å². The molecule has 5 heteroatoms. The summed E-state index contributed by atoms with van der Waals surface area (Å²) < 4.78 is 5.07. The van der Waals surface area contributed by atoms with Crippen LogP contribution in [-0.2, 0) is 0 Å². The van der Waals surface area contributed by atoms with Gasteiger partial charge in [0.25, 0.3) is 0 Å². The van der Waals surface area contributed by atoms with Gasteiger partial charge in [0.15, 0.2) is 5.82 Å². The third-order valence-electron chi connectivity index (χ3n) is 11.9. The maximum Gasteiger partial charge on any atom is 0.203 e. The molecule has 11 aromatic rings. The first-order chi connectivity index (χ1) is 28.3. The Morgan fingerprint density at radius 3 is 1.82 bits per heavy atom. The molecule has 0 saturated heterocycles. The fraction of sp³-hybridized carbons (Fsp3) is 0. The van der Waals surface area contributed by atoms with Gasteiger partial charge in [0.05, 0.1) is 26.7 Å². The van der Waals surface area contributed by atoms with E-state index in [1.807, 2.05) is 11.3 Å². The summed E-state index contributed by atoms with van der Waals surface area (Å²) in [5, 5.41) is 10.3. The van der Waals surface area contributed by atoms with E-state index in [1.165, 1.54) is 63.1 Å². The number of benzene rings is 8. The average molecular weight is 760 g/mol. The van der Waals surface area contributed by atoms with Gasteiger partial charge in [-0.05, 0) is 57.5 Å². The van der Waals surface area contributed by atoms with Crippen molar-refractivity contribution in [1.29, 1.82) is 0 Å². The molecule has 0 saturated carbocycles. The van der Waals surface area contributed by atoms with E-state index < -0.39 is 8.07 Å². The van der Waals surface area contributed by atoms with Crippen LogP contribution in [0.15, 0.2) is 200 Å². The highest BCUT2D eigenvalue weighted by Crippen LogP contribution is 2.43. The molecule has 0 aliphatic carbocycles. The minimum absolute atomic E-state index is 0.741. The van der Waals surface area contributed by atoms with Crippen molar-refractivity contribution in [3.8, 4) is 39.5 Å². The van der Waals surface area contributed by atoms with Crippen molar-refractivity contribution in [1.82, 2.24) is 14.5 Å². The molecule has 8 aromatic carbocycles. The van der Waals surface area contributed by atoms with E-state index in [1.54, 1.807) is 0 Å². The number of thiophene rings is 1. The van der Waals surface area contributed by atoms with Gasteiger partial charge in [-0.15, -0.1) is 11.3 Å². The van der Waals surface area contributed by atoms with Crippen LogP contribution in [0.1, 0.15) is 0 Å². The lowest BCUT2D eigenvalue weighted by Gasteiger charge is -2.30. The monoisotopic (exact) mass is 759 g/mol. The number of nitrogens with zero attached hydrogens (tertiary/aromatic N) is 3. The Labute approximate surface area is 334 Å². The van der Waals surface area contributed by atoms with Gasteiger partial charge >= 0.3 is 0 Å². The second-order valence-corrected chi connectivity index (χ2v) is 19.6. The molecule has 0 atom stereocenters. The molecule has 1 aliphatic rings. The Morgan fingerprint density at radius 2 is 1.07 bits per heavy atom. The van der Waals surface area contributed by atoms with Crippen LogP contribution in [0, 0.1) is 0 Å². The summed E-state index contributed by atoms with van der Waals surface area (Å²) >= 11 is 1.88. The van der Waals surface area contributed by atoms with Gasteiger partial charge in [-0.1, -0.05) is 164 Å². The van der Waals surface area contributed by atoms with Crippen LogP contribution < -0.4 is 20.9 Å². The van der Waals surface area contributed by atoms with E-state index in [4.69, 9.17) is 9.97 Å². The number of fused-ring (bicyclic) bond motifs is 10. The lowest BCUT2D eigenvalue weighted by atomic mass is 10.0. The minimum atomic E-state index is -2.86. The van der Waals surface area contributed by atoms with Gasteiger partial charge in [-0.25, -0.2) is 9.97 Å². The van der Waals surface area contributed by atoms with Crippen molar-refractivity contribution >= 4 is 82.3 Å². The summed E-state index contributed by atoms with van der Waals surface area (Å²) in [4.78, 5) is 11.2. The van der Waals surface area contributed by atoms with E-state index in [9.17, 15) is 0 Å². The number of rotatable bonds is 5. The van der Waals surface area contributed by atoms with Crippen molar-refractivity contribution < 1.29 is 0 Å². The molecular formula is C52H33N3SSi. The van der Waals surface area contributed by atoms with Crippen LogP contribution >= 0.6 is 11.3 Å². The van der Waals surface area contributed by atoms with Gasteiger partial charge in [0.1, 0.15) is 0 Å². The highest BCUT2D eigenvalue weighted by atomic mass is 32.1. The molecule has 0 N–H and O–H groups in total. The van der Waals surface area contributed by atoms with Crippen molar-refractivity contribution in [3.63, 3.8) is 0 Å². The van der Waals surface area contributed by atoms with E-state index in [0.717, 1.165) is 39.2 Å². The molecule has 0 fully saturated rings. The Morgan fingerprint density at radius 1 is 0.456 bits per heavy atom. The van der Waals surface area contributed by atoms with Crippen molar-refractivity contribution in [2.75, 3.05) is 0 Å². The first-order valence-corrected chi connectivity index (χ1v) is 22.2. The standard InChI is InChI=1S/C52H33N3SSi/c1-4-16-34(17-5-1)48-47-43-24-12-15-27-46(43)57(37-18-6-2-7-19-37,38-20-8-3-9-21-38)52(47)54-51(53-48)35-28-30-36(31-29-35)55-44-25-13-10-22-39(44)41-32-33-42-40-23-11-14-26-45(40)56-50(42)49(41)55/h1-33H. The quantitative estimate of drug-likeness (QED) is 0.164. The van der Waals surface area contributed by atoms with E-state index in [2.05, 4.69) is 205 Å². The van der Waals surface area contributed by atoms with Crippen LogP contribution in [0.3, 0.4) is 0 Å². The normalized spacial score (nSPS) is 13.1. The third-order valence-corrected chi connectivity index (χ3v) is 17.8.